The Morgan fingerprint density at radius 2 is 2.10 bits per heavy atom. The van der Waals surface area contributed by atoms with Gasteiger partial charge < -0.3 is 16.2 Å². The van der Waals surface area contributed by atoms with E-state index >= 15 is 0 Å². The van der Waals surface area contributed by atoms with Gasteiger partial charge in [0.2, 0.25) is 0 Å². The van der Waals surface area contributed by atoms with Crippen molar-refractivity contribution in [1.82, 2.24) is 9.97 Å². The number of nitrogens with two attached hydrogens (primary N) is 1. The van der Waals surface area contributed by atoms with E-state index in [-0.39, 0.29) is 12.1 Å². The average Bonchev–Trinajstić information content (AvgIpc) is 2.50. The summed E-state index contributed by atoms with van der Waals surface area (Å²) in [7, 11) is 0. The van der Waals surface area contributed by atoms with Gasteiger partial charge in [0, 0.05) is 11.1 Å². The highest BCUT2D eigenvalue weighted by Gasteiger charge is 2.34. The second kappa shape index (κ2) is 5.48. The van der Waals surface area contributed by atoms with Gasteiger partial charge in [0.05, 0.1) is 17.7 Å². The van der Waals surface area contributed by atoms with Crippen molar-refractivity contribution in [3.8, 4) is 0 Å². The Morgan fingerprint density at radius 3 is 2.81 bits per heavy atom. The van der Waals surface area contributed by atoms with Gasteiger partial charge in [0.25, 0.3) is 0 Å². The van der Waals surface area contributed by atoms with E-state index in [1.165, 1.54) is 0 Å². The molecule has 0 atom stereocenters. The zero-order chi connectivity index (χ0) is 14.9. The van der Waals surface area contributed by atoms with Gasteiger partial charge >= 0.3 is 0 Å². The number of anilines is 2. The van der Waals surface area contributed by atoms with Crippen molar-refractivity contribution in [3.05, 3.63) is 24.5 Å². The van der Waals surface area contributed by atoms with Gasteiger partial charge in [-0.1, -0.05) is 6.92 Å². The summed E-state index contributed by atoms with van der Waals surface area (Å²) in [6, 6.07) is 5.63. The lowest BCUT2D eigenvalue weighted by molar-refractivity contribution is 0.155. The van der Waals surface area contributed by atoms with Gasteiger partial charge in [-0.15, -0.1) is 0 Å². The van der Waals surface area contributed by atoms with Crippen molar-refractivity contribution in [1.29, 1.82) is 0 Å². The second-order valence-electron chi connectivity index (χ2n) is 6.24. The van der Waals surface area contributed by atoms with Crippen LogP contribution in [0, 0.1) is 5.92 Å². The molecule has 1 aliphatic carbocycles. The van der Waals surface area contributed by atoms with Gasteiger partial charge in [-0.05, 0) is 49.8 Å². The van der Waals surface area contributed by atoms with Crippen LogP contribution < -0.4 is 11.1 Å². The number of rotatable bonds is 3. The number of benzene rings is 1. The summed E-state index contributed by atoms with van der Waals surface area (Å²) in [4.78, 5) is 8.63. The van der Waals surface area contributed by atoms with Crippen LogP contribution in [0.2, 0.25) is 0 Å². The summed E-state index contributed by atoms with van der Waals surface area (Å²) in [6.07, 6.45) is 5.73. The largest absolute Gasteiger partial charge is 0.399 e. The number of aliphatic hydroxyl groups excluding tert-OH is 1. The maximum Gasteiger partial charge on any atom is 0.137 e. The third-order valence-electron chi connectivity index (χ3n) is 4.58. The van der Waals surface area contributed by atoms with Crippen molar-refractivity contribution in [2.75, 3.05) is 17.7 Å². The first-order chi connectivity index (χ1) is 10.1. The van der Waals surface area contributed by atoms with Gasteiger partial charge in [0.1, 0.15) is 12.1 Å². The summed E-state index contributed by atoms with van der Waals surface area (Å²) in [5.41, 5.74) is 7.05. The molecule has 0 amide bonds. The zero-order valence-electron chi connectivity index (χ0n) is 12.3. The molecule has 1 aromatic heterocycles. The first-order valence-corrected chi connectivity index (χ1v) is 7.51. The van der Waals surface area contributed by atoms with Crippen LogP contribution in [0.1, 0.15) is 32.6 Å². The fourth-order valence-corrected chi connectivity index (χ4v) is 3.06. The molecule has 0 unspecified atom stereocenters. The Bertz CT molecular complexity index is 635. The Kier molecular flexibility index (Phi) is 3.68. The monoisotopic (exact) mass is 286 g/mol. The van der Waals surface area contributed by atoms with Crippen LogP contribution in [0.5, 0.6) is 0 Å². The Balaban J connectivity index is 1.93. The molecular formula is C16H22N4O. The molecule has 2 aromatic rings. The quantitative estimate of drug-likeness (QED) is 0.755. The minimum atomic E-state index is -0.269. The Labute approximate surface area is 124 Å². The molecule has 5 heteroatoms. The van der Waals surface area contributed by atoms with E-state index in [0.717, 1.165) is 48.3 Å². The fourth-order valence-electron chi connectivity index (χ4n) is 3.06. The zero-order valence-corrected chi connectivity index (χ0v) is 12.3. The first kappa shape index (κ1) is 14.1. The molecule has 0 aliphatic heterocycles. The van der Waals surface area contributed by atoms with Crippen LogP contribution in [-0.2, 0) is 0 Å². The van der Waals surface area contributed by atoms with Gasteiger partial charge in [-0.3, -0.25) is 0 Å². The van der Waals surface area contributed by atoms with Crippen LogP contribution in [0.15, 0.2) is 24.5 Å². The van der Waals surface area contributed by atoms with Crippen molar-refractivity contribution in [2.45, 2.75) is 38.1 Å². The average molecular weight is 286 g/mol. The Morgan fingerprint density at radius 1 is 1.33 bits per heavy atom. The van der Waals surface area contributed by atoms with Gasteiger partial charge in [0.15, 0.2) is 0 Å². The van der Waals surface area contributed by atoms with E-state index in [9.17, 15) is 5.11 Å². The molecule has 0 bridgehead atoms. The predicted molar refractivity (Wildman–Crippen MR) is 85.0 cm³/mol. The molecule has 1 aromatic carbocycles. The van der Waals surface area contributed by atoms with Crippen LogP contribution in [0.25, 0.3) is 10.9 Å². The number of aromatic nitrogens is 2. The number of nitrogens with one attached hydrogen (secondary N) is 1. The lowest BCUT2D eigenvalue weighted by Crippen LogP contribution is -2.45. The molecule has 0 radical (unpaired) electrons. The number of fused-ring (bicyclic) bond motifs is 1. The molecule has 1 fully saturated rings. The number of nitrogen functional groups attached to an aromatic ring is 1. The smallest absolute Gasteiger partial charge is 0.137 e. The number of aliphatic hydroxyl groups is 1. The summed E-state index contributed by atoms with van der Waals surface area (Å²) >= 11 is 0. The van der Waals surface area contributed by atoms with E-state index < -0.39 is 0 Å². The Hall–Kier alpha value is -1.88. The highest BCUT2D eigenvalue weighted by Crippen LogP contribution is 2.35. The molecular weight excluding hydrogens is 264 g/mol. The highest BCUT2D eigenvalue weighted by atomic mass is 16.3. The minimum absolute atomic E-state index is 0.125. The maximum atomic E-state index is 9.88. The number of nitrogens with zero attached hydrogens (tertiary/aromatic N) is 2. The third kappa shape index (κ3) is 2.78. The van der Waals surface area contributed by atoms with Gasteiger partial charge in [-0.25, -0.2) is 9.97 Å². The van der Waals surface area contributed by atoms with Crippen LogP contribution in [-0.4, -0.2) is 27.2 Å². The van der Waals surface area contributed by atoms with Crippen molar-refractivity contribution in [2.24, 2.45) is 5.92 Å². The normalized spacial score (nSPS) is 25.9. The molecule has 1 heterocycles. The summed E-state index contributed by atoms with van der Waals surface area (Å²) < 4.78 is 0. The predicted octanol–water partition coefficient (Wildman–Crippen LogP) is 2.57. The molecule has 4 N–H and O–H groups in total. The lowest BCUT2D eigenvalue weighted by atomic mass is 9.77. The standard InChI is InChI=1S/C16H22N4O/c1-11-4-6-16(9-21,7-5-11)20-15-13-3-2-12(17)8-14(13)18-10-19-15/h2-3,8,10-11,21H,4-7,9,17H2,1H3,(H,18,19,20). The second-order valence-corrected chi connectivity index (χ2v) is 6.24. The minimum Gasteiger partial charge on any atom is -0.399 e. The highest BCUT2D eigenvalue weighted by molar-refractivity contribution is 5.90. The summed E-state index contributed by atoms with van der Waals surface area (Å²) in [5.74, 6) is 1.51. The van der Waals surface area contributed by atoms with Crippen molar-refractivity contribution >= 4 is 22.4 Å². The van der Waals surface area contributed by atoms with Crippen molar-refractivity contribution in [3.63, 3.8) is 0 Å². The molecule has 1 saturated carbocycles. The van der Waals surface area contributed by atoms with Crippen LogP contribution >= 0.6 is 0 Å². The SMILES string of the molecule is CC1CCC(CO)(Nc2ncnc3cc(N)ccc23)CC1. The summed E-state index contributed by atoms with van der Waals surface area (Å²) in [6.45, 7) is 2.39. The van der Waals surface area contributed by atoms with Crippen LogP contribution in [0.3, 0.4) is 0 Å². The molecule has 5 nitrogen and oxygen atoms in total. The molecule has 0 spiro atoms. The molecule has 0 saturated heterocycles. The van der Waals surface area contributed by atoms with Crippen LogP contribution in [0.4, 0.5) is 11.5 Å². The molecule has 3 rings (SSSR count). The molecule has 21 heavy (non-hydrogen) atoms. The van der Waals surface area contributed by atoms with Crippen molar-refractivity contribution < 1.29 is 5.11 Å². The van der Waals surface area contributed by atoms with E-state index in [4.69, 9.17) is 5.73 Å². The lowest BCUT2D eigenvalue weighted by Gasteiger charge is -2.39. The summed E-state index contributed by atoms with van der Waals surface area (Å²) in [5, 5.41) is 14.3. The fraction of sp³-hybridized carbons (Fsp3) is 0.500. The third-order valence-corrected chi connectivity index (χ3v) is 4.58. The first-order valence-electron chi connectivity index (χ1n) is 7.51. The molecule has 112 valence electrons. The maximum absolute atomic E-state index is 9.88. The van der Waals surface area contributed by atoms with E-state index in [2.05, 4.69) is 22.2 Å². The van der Waals surface area contributed by atoms with E-state index in [0.29, 0.717) is 5.69 Å². The topological polar surface area (TPSA) is 84.1 Å². The van der Waals surface area contributed by atoms with E-state index in [1.54, 1.807) is 6.33 Å². The number of hydrogen-bond donors (Lipinski definition) is 3. The molecule has 1 aliphatic rings. The van der Waals surface area contributed by atoms with E-state index in [1.807, 2.05) is 18.2 Å². The number of hydrogen-bond acceptors (Lipinski definition) is 5. The van der Waals surface area contributed by atoms with Gasteiger partial charge in [-0.2, -0.15) is 0 Å².